The number of ether oxygens (including phenoxy) is 1. The Morgan fingerprint density at radius 1 is 1.40 bits per heavy atom. The van der Waals surface area contributed by atoms with Gasteiger partial charge in [-0.05, 0) is 24.5 Å². The average molecular weight is 301 g/mol. The molecule has 112 valence electrons. The Hall–Kier alpha value is -0.980. The lowest BCUT2D eigenvalue weighted by Gasteiger charge is -2.31. The van der Waals surface area contributed by atoms with Gasteiger partial charge in [0, 0.05) is 19.1 Å². The molecule has 2 atom stereocenters. The molecule has 0 saturated carbocycles. The second-order valence-corrected chi connectivity index (χ2v) is 6.98. The standard InChI is InChI=1S/C14H20FNO3S/c1-2-16-20(17,18)14-7-8-19-10-12(14)9-11-5-3-4-6-13(11)15/h3-6,12,14,16H,2,7-10H2,1H3/t12-,14-/m1/s1. The fraction of sp³-hybridized carbons (Fsp3) is 0.571. The van der Waals surface area contributed by atoms with Crippen LogP contribution in [0.3, 0.4) is 0 Å². The number of hydrogen-bond donors (Lipinski definition) is 1. The summed E-state index contributed by atoms with van der Waals surface area (Å²) in [7, 11) is -3.37. The maximum atomic E-state index is 13.7. The third-order valence-corrected chi connectivity index (χ3v) is 5.70. The van der Waals surface area contributed by atoms with Crippen molar-refractivity contribution in [3.8, 4) is 0 Å². The van der Waals surface area contributed by atoms with Crippen molar-refractivity contribution in [1.29, 1.82) is 0 Å². The average Bonchev–Trinajstić information content (AvgIpc) is 2.42. The number of sulfonamides is 1. The highest BCUT2D eigenvalue weighted by atomic mass is 32.2. The Labute approximate surface area is 119 Å². The van der Waals surface area contributed by atoms with Gasteiger partial charge in [0.05, 0.1) is 11.9 Å². The van der Waals surface area contributed by atoms with Crippen molar-refractivity contribution in [2.45, 2.75) is 25.0 Å². The minimum absolute atomic E-state index is 0.218. The number of benzene rings is 1. The molecule has 1 aliphatic heterocycles. The first kappa shape index (κ1) is 15.4. The highest BCUT2D eigenvalue weighted by Gasteiger charge is 2.36. The van der Waals surface area contributed by atoms with E-state index >= 15 is 0 Å². The molecule has 0 spiro atoms. The second kappa shape index (κ2) is 6.65. The Morgan fingerprint density at radius 3 is 2.85 bits per heavy atom. The summed E-state index contributed by atoms with van der Waals surface area (Å²) in [5, 5.41) is -0.518. The lowest BCUT2D eigenvalue weighted by molar-refractivity contribution is 0.0567. The number of rotatable bonds is 5. The van der Waals surface area contributed by atoms with Crippen LogP contribution in [-0.4, -0.2) is 33.4 Å². The molecule has 0 amide bonds. The van der Waals surface area contributed by atoms with Crippen molar-refractivity contribution in [3.63, 3.8) is 0 Å². The summed E-state index contributed by atoms with van der Waals surface area (Å²) in [6.07, 6.45) is 0.830. The van der Waals surface area contributed by atoms with Crippen molar-refractivity contribution in [1.82, 2.24) is 4.72 Å². The summed E-state index contributed by atoms with van der Waals surface area (Å²) in [4.78, 5) is 0. The first-order valence-electron chi connectivity index (χ1n) is 6.84. The zero-order valence-corrected chi connectivity index (χ0v) is 12.3. The van der Waals surface area contributed by atoms with Crippen LogP contribution in [0.2, 0.25) is 0 Å². The molecule has 4 nitrogen and oxygen atoms in total. The van der Waals surface area contributed by atoms with Gasteiger partial charge in [-0.1, -0.05) is 25.1 Å². The highest BCUT2D eigenvalue weighted by Crippen LogP contribution is 2.25. The van der Waals surface area contributed by atoms with Gasteiger partial charge in [-0.2, -0.15) is 0 Å². The molecule has 1 saturated heterocycles. The third kappa shape index (κ3) is 3.56. The van der Waals surface area contributed by atoms with Crippen LogP contribution >= 0.6 is 0 Å². The lowest BCUT2D eigenvalue weighted by Crippen LogP contribution is -2.44. The van der Waals surface area contributed by atoms with Crippen LogP contribution in [0, 0.1) is 11.7 Å². The van der Waals surface area contributed by atoms with Crippen LogP contribution in [-0.2, 0) is 21.2 Å². The molecule has 6 heteroatoms. The molecular weight excluding hydrogens is 281 g/mol. The normalized spacial score (nSPS) is 23.7. The summed E-state index contributed by atoms with van der Waals surface area (Å²) < 4.78 is 46.1. The van der Waals surface area contributed by atoms with E-state index in [1.165, 1.54) is 6.07 Å². The first-order valence-corrected chi connectivity index (χ1v) is 8.39. The fourth-order valence-corrected chi connectivity index (χ4v) is 4.34. The Bertz CT molecular complexity index is 547. The molecule has 0 unspecified atom stereocenters. The Morgan fingerprint density at radius 2 is 2.15 bits per heavy atom. The lowest BCUT2D eigenvalue weighted by atomic mass is 9.93. The third-order valence-electron chi connectivity index (χ3n) is 3.59. The van der Waals surface area contributed by atoms with Gasteiger partial charge in [-0.25, -0.2) is 17.5 Å². The van der Waals surface area contributed by atoms with Gasteiger partial charge in [0.15, 0.2) is 0 Å². The summed E-state index contributed by atoms with van der Waals surface area (Å²) in [5.74, 6) is -0.512. The zero-order chi connectivity index (χ0) is 14.6. The van der Waals surface area contributed by atoms with E-state index in [1.807, 2.05) is 0 Å². The van der Waals surface area contributed by atoms with Crippen LogP contribution in [0.1, 0.15) is 18.9 Å². The molecule has 2 rings (SSSR count). The first-order chi connectivity index (χ1) is 9.54. The van der Waals surface area contributed by atoms with Crippen molar-refractivity contribution in [3.05, 3.63) is 35.6 Å². The van der Waals surface area contributed by atoms with Gasteiger partial charge in [-0.3, -0.25) is 0 Å². The van der Waals surface area contributed by atoms with Crippen LogP contribution in [0.25, 0.3) is 0 Å². The number of nitrogens with one attached hydrogen (secondary N) is 1. The summed E-state index contributed by atoms with van der Waals surface area (Å²) in [6, 6.07) is 6.48. The number of hydrogen-bond acceptors (Lipinski definition) is 3. The van der Waals surface area contributed by atoms with Gasteiger partial charge < -0.3 is 4.74 Å². The smallest absolute Gasteiger partial charge is 0.214 e. The Kier molecular flexibility index (Phi) is 5.12. The summed E-state index contributed by atoms with van der Waals surface area (Å²) in [6.45, 7) is 2.90. The van der Waals surface area contributed by atoms with E-state index in [9.17, 15) is 12.8 Å². The van der Waals surface area contributed by atoms with Gasteiger partial charge in [-0.15, -0.1) is 0 Å². The minimum atomic E-state index is -3.37. The number of halogens is 1. The van der Waals surface area contributed by atoms with E-state index in [1.54, 1.807) is 25.1 Å². The summed E-state index contributed by atoms with van der Waals surface area (Å²) in [5.41, 5.74) is 0.541. The van der Waals surface area contributed by atoms with Crippen LogP contribution in [0.15, 0.2) is 24.3 Å². The monoisotopic (exact) mass is 301 g/mol. The van der Waals surface area contributed by atoms with Gasteiger partial charge >= 0.3 is 0 Å². The Balaban J connectivity index is 2.18. The van der Waals surface area contributed by atoms with E-state index in [0.29, 0.717) is 38.2 Å². The molecule has 1 aromatic rings. The largest absolute Gasteiger partial charge is 0.381 e. The van der Waals surface area contributed by atoms with Crippen molar-refractivity contribution in [2.24, 2.45) is 5.92 Å². The van der Waals surface area contributed by atoms with Crippen molar-refractivity contribution < 1.29 is 17.5 Å². The maximum Gasteiger partial charge on any atom is 0.214 e. The van der Waals surface area contributed by atoms with Crippen molar-refractivity contribution >= 4 is 10.0 Å². The van der Waals surface area contributed by atoms with Crippen LogP contribution in [0.4, 0.5) is 4.39 Å². The zero-order valence-electron chi connectivity index (χ0n) is 11.5. The predicted octanol–water partition coefficient (Wildman–Crippen LogP) is 1.71. The molecule has 0 aromatic heterocycles. The van der Waals surface area contributed by atoms with Gasteiger partial charge in [0.25, 0.3) is 0 Å². The minimum Gasteiger partial charge on any atom is -0.381 e. The van der Waals surface area contributed by atoms with E-state index < -0.39 is 15.3 Å². The fourth-order valence-electron chi connectivity index (χ4n) is 2.63. The molecule has 20 heavy (non-hydrogen) atoms. The quantitative estimate of drug-likeness (QED) is 0.901. The molecular formula is C14H20FNO3S. The van der Waals surface area contributed by atoms with Crippen LogP contribution in [0.5, 0.6) is 0 Å². The molecule has 1 N–H and O–H groups in total. The van der Waals surface area contributed by atoms with Crippen LogP contribution < -0.4 is 4.72 Å². The molecule has 0 bridgehead atoms. The molecule has 1 aliphatic rings. The molecule has 0 aliphatic carbocycles. The predicted molar refractivity (Wildman–Crippen MR) is 75.4 cm³/mol. The molecule has 0 radical (unpaired) electrons. The molecule has 1 heterocycles. The topological polar surface area (TPSA) is 55.4 Å². The maximum absolute atomic E-state index is 13.7. The SMILES string of the molecule is CCNS(=O)(=O)[C@@H]1CCOC[C@H]1Cc1ccccc1F. The van der Waals surface area contributed by atoms with E-state index in [-0.39, 0.29) is 11.7 Å². The summed E-state index contributed by atoms with van der Waals surface area (Å²) >= 11 is 0. The van der Waals surface area contributed by atoms with E-state index in [0.717, 1.165) is 0 Å². The second-order valence-electron chi connectivity index (χ2n) is 5.00. The van der Waals surface area contributed by atoms with Gasteiger partial charge in [0.2, 0.25) is 10.0 Å². The van der Waals surface area contributed by atoms with E-state index in [4.69, 9.17) is 4.74 Å². The highest BCUT2D eigenvalue weighted by molar-refractivity contribution is 7.90. The molecule has 1 fully saturated rings. The van der Waals surface area contributed by atoms with Gasteiger partial charge in [0.1, 0.15) is 5.82 Å². The molecule has 1 aromatic carbocycles. The van der Waals surface area contributed by atoms with Crippen molar-refractivity contribution in [2.75, 3.05) is 19.8 Å². The van der Waals surface area contributed by atoms with E-state index in [2.05, 4.69) is 4.72 Å².